The number of nitrogens with one attached hydrogen (secondary N) is 2. The third-order valence-corrected chi connectivity index (χ3v) is 2.67. The van der Waals surface area contributed by atoms with Gasteiger partial charge in [0.2, 0.25) is 0 Å². The highest BCUT2D eigenvalue weighted by atomic mass is 15.0. The highest BCUT2D eigenvalue weighted by Crippen LogP contribution is 2.17. The first kappa shape index (κ1) is 9.96. The van der Waals surface area contributed by atoms with E-state index >= 15 is 0 Å². The van der Waals surface area contributed by atoms with Crippen LogP contribution < -0.4 is 5.32 Å². The minimum atomic E-state index is 0.661. The fourth-order valence-electron chi connectivity index (χ4n) is 1.43. The van der Waals surface area contributed by atoms with Crippen LogP contribution in [0, 0.1) is 5.92 Å². The summed E-state index contributed by atoms with van der Waals surface area (Å²) in [4.78, 5) is 11.5. The van der Waals surface area contributed by atoms with Crippen LogP contribution in [0.15, 0.2) is 18.6 Å². The molecule has 2 aromatic rings. The van der Waals surface area contributed by atoms with Gasteiger partial charge in [-0.15, -0.1) is 0 Å². The molecule has 0 amide bonds. The molecule has 0 aliphatic carbocycles. The lowest BCUT2D eigenvalue weighted by Gasteiger charge is -2.10. The summed E-state index contributed by atoms with van der Waals surface area (Å²) in [7, 11) is 0. The molecule has 0 aliphatic rings. The standard InChI is InChI=1S/C11H16N4/c1-3-8(2)6-13-11-9-4-5-12-10(9)14-7-15-11/h4-5,7-8H,3,6H2,1-2H3,(H2,12,13,14,15)/t8-/m0/s1. The van der Waals surface area contributed by atoms with E-state index in [1.165, 1.54) is 6.42 Å². The van der Waals surface area contributed by atoms with E-state index in [9.17, 15) is 0 Å². The van der Waals surface area contributed by atoms with E-state index in [1.807, 2.05) is 12.3 Å². The van der Waals surface area contributed by atoms with Crippen LogP contribution >= 0.6 is 0 Å². The number of hydrogen-bond acceptors (Lipinski definition) is 3. The Morgan fingerprint density at radius 1 is 1.47 bits per heavy atom. The minimum absolute atomic E-state index is 0.661. The number of rotatable bonds is 4. The Balaban J connectivity index is 2.17. The van der Waals surface area contributed by atoms with Gasteiger partial charge in [0, 0.05) is 12.7 Å². The van der Waals surface area contributed by atoms with Crippen LogP contribution in [0.4, 0.5) is 5.82 Å². The first-order valence-corrected chi connectivity index (χ1v) is 5.33. The monoisotopic (exact) mass is 204 g/mol. The van der Waals surface area contributed by atoms with Gasteiger partial charge in [0.25, 0.3) is 0 Å². The summed E-state index contributed by atoms with van der Waals surface area (Å²) in [5.74, 6) is 1.58. The van der Waals surface area contributed by atoms with Gasteiger partial charge < -0.3 is 10.3 Å². The van der Waals surface area contributed by atoms with Gasteiger partial charge >= 0.3 is 0 Å². The summed E-state index contributed by atoms with van der Waals surface area (Å²) >= 11 is 0. The number of H-pyrrole nitrogens is 1. The molecular weight excluding hydrogens is 188 g/mol. The molecule has 0 unspecified atom stereocenters. The summed E-state index contributed by atoms with van der Waals surface area (Å²) < 4.78 is 0. The van der Waals surface area contributed by atoms with Crippen LogP contribution in [0.3, 0.4) is 0 Å². The lowest BCUT2D eigenvalue weighted by molar-refractivity contribution is 0.593. The van der Waals surface area contributed by atoms with Crippen molar-refractivity contribution in [2.45, 2.75) is 20.3 Å². The molecule has 1 atom stereocenters. The van der Waals surface area contributed by atoms with Crippen LogP contribution in [0.25, 0.3) is 11.0 Å². The third-order valence-electron chi connectivity index (χ3n) is 2.67. The second kappa shape index (κ2) is 4.29. The molecule has 0 saturated heterocycles. The lowest BCUT2D eigenvalue weighted by Crippen LogP contribution is -2.11. The normalized spacial score (nSPS) is 12.9. The molecule has 0 saturated carbocycles. The average molecular weight is 204 g/mol. The first-order chi connectivity index (χ1) is 7.31. The average Bonchev–Trinajstić information content (AvgIpc) is 2.74. The molecule has 2 rings (SSSR count). The number of anilines is 1. The SMILES string of the molecule is CC[C@H](C)CNc1ncnc2[nH]ccc12. The van der Waals surface area contributed by atoms with E-state index in [2.05, 4.69) is 34.1 Å². The van der Waals surface area contributed by atoms with E-state index in [-0.39, 0.29) is 0 Å². The smallest absolute Gasteiger partial charge is 0.142 e. The summed E-state index contributed by atoms with van der Waals surface area (Å²) in [6.45, 7) is 5.37. The van der Waals surface area contributed by atoms with E-state index in [1.54, 1.807) is 6.33 Å². The number of fused-ring (bicyclic) bond motifs is 1. The summed E-state index contributed by atoms with van der Waals surface area (Å²) in [5.41, 5.74) is 0.886. The first-order valence-electron chi connectivity index (χ1n) is 5.33. The molecule has 0 aromatic carbocycles. The molecule has 0 aliphatic heterocycles. The van der Waals surface area contributed by atoms with Crippen molar-refractivity contribution in [3.05, 3.63) is 18.6 Å². The number of nitrogens with zero attached hydrogens (tertiary/aromatic N) is 2. The predicted octanol–water partition coefficient (Wildman–Crippen LogP) is 2.42. The number of hydrogen-bond donors (Lipinski definition) is 2. The molecular formula is C11H16N4. The highest BCUT2D eigenvalue weighted by Gasteiger charge is 2.04. The Morgan fingerprint density at radius 3 is 3.13 bits per heavy atom. The van der Waals surface area contributed by atoms with Crippen molar-refractivity contribution in [2.75, 3.05) is 11.9 Å². The zero-order chi connectivity index (χ0) is 10.7. The fourth-order valence-corrected chi connectivity index (χ4v) is 1.43. The van der Waals surface area contributed by atoms with Crippen molar-refractivity contribution in [2.24, 2.45) is 5.92 Å². The van der Waals surface area contributed by atoms with Crippen LogP contribution in [-0.2, 0) is 0 Å². The fraction of sp³-hybridized carbons (Fsp3) is 0.455. The largest absolute Gasteiger partial charge is 0.369 e. The quantitative estimate of drug-likeness (QED) is 0.804. The Labute approximate surface area is 89.1 Å². The van der Waals surface area contributed by atoms with Crippen LogP contribution in [0.5, 0.6) is 0 Å². The van der Waals surface area contributed by atoms with E-state index < -0.39 is 0 Å². The van der Waals surface area contributed by atoms with Gasteiger partial charge in [0.05, 0.1) is 5.39 Å². The topological polar surface area (TPSA) is 53.6 Å². The summed E-state index contributed by atoms with van der Waals surface area (Å²) in [6, 6.07) is 1.99. The van der Waals surface area contributed by atoms with Crippen LogP contribution in [0.1, 0.15) is 20.3 Å². The minimum Gasteiger partial charge on any atom is -0.369 e. The zero-order valence-corrected chi connectivity index (χ0v) is 9.12. The number of aromatic amines is 1. The van der Waals surface area contributed by atoms with E-state index in [0.717, 1.165) is 23.4 Å². The van der Waals surface area contributed by atoms with Crippen LogP contribution in [-0.4, -0.2) is 21.5 Å². The third kappa shape index (κ3) is 2.09. The Kier molecular flexibility index (Phi) is 2.85. The molecule has 80 valence electrons. The van der Waals surface area contributed by atoms with Gasteiger partial charge in [-0.2, -0.15) is 0 Å². The Morgan fingerprint density at radius 2 is 2.33 bits per heavy atom. The maximum absolute atomic E-state index is 4.24. The highest BCUT2D eigenvalue weighted by molar-refractivity contribution is 5.86. The Bertz CT molecular complexity index is 435. The van der Waals surface area contributed by atoms with Crippen molar-refractivity contribution in [3.63, 3.8) is 0 Å². The van der Waals surface area contributed by atoms with Gasteiger partial charge in [-0.05, 0) is 12.0 Å². The zero-order valence-electron chi connectivity index (χ0n) is 9.12. The molecule has 2 N–H and O–H groups in total. The maximum atomic E-state index is 4.24. The lowest BCUT2D eigenvalue weighted by atomic mass is 10.1. The molecule has 2 aromatic heterocycles. The van der Waals surface area contributed by atoms with Crippen molar-refractivity contribution >= 4 is 16.9 Å². The summed E-state index contributed by atoms with van der Waals surface area (Å²) in [5, 5.41) is 4.41. The molecule has 4 nitrogen and oxygen atoms in total. The van der Waals surface area contributed by atoms with Gasteiger partial charge in [-0.3, -0.25) is 0 Å². The molecule has 0 radical (unpaired) electrons. The molecule has 0 fully saturated rings. The van der Waals surface area contributed by atoms with E-state index in [4.69, 9.17) is 0 Å². The van der Waals surface area contributed by atoms with Crippen molar-refractivity contribution in [3.8, 4) is 0 Å². The van der Waals surface area contributed by atoms with Crippen molar-refractivity contribution in [1.29, 1.82) is 0 Å². The second-order valence-electron chi connectivity index (χ2n) is 3.86. The maximum Gasteiger partial charge on any atom is 0.142 e. The van der Waals surface area contributed by atoms with Gasteiger partial charge in [0.15, 0.2) is 0 Å². The molecule has 15 heavy (non-hydrogen) atoms. The molecule has 0 bridgehead atoms. The van der Waals surface area contributed by atoms with Crippen molar-refractivity contribution < 1.29 is 0 Å². The van der Waals surface area contributed by atoms with Gasteiger partial charge in [-0.25, -0.2) is 9.97 Å². The molecule has 0 spiro atoms. The predicted molar refractivity (Wildman–Crippen MR) is 61.8 cm³/mol. The van der Waals surface area contributed by atoms with Gasteiger partial charge in [0.1, 0.15) is 17.8 Å². The van der Waals surface area contributed by atoms with Crippen LogP contribution in [0.2, 0.25) is 0 Å². The molecule has 2 heterocycles. The van der Waals surface area contributed by atoms with Crippen molar-refractivity contribution in [1.82, 2.24) is 15.0 Å². The molecule has 4 heteroatoms. The Hall–Kier alpha value is -1.58. The van der Waals surface area contributed by atoms with Gasteiger partial charge in [-0.1, -0.05) is 20.3 Å². The summed E-state index contributed by atoms with van der Waals surface area (Å²) in [6.07, 6.45) is 4.64. The number of aromatic nitrogens is 3. The second-order valence-corrected chi connectivity index (χ2v) is 3.86. The van der Waals surface area contributed by atoms with E-state index in [0.29, 0.717) is 5.92 Å².